The van der Waals surface area contributed by atoms with Gasteiger partial charge in [-0.2, -0.15) is 0 Å². The van der Waals surface area contributed by atoms with Crippen LogP contribution < -0.4 is 21.7 Å². The predicted molar refractivity (Wildman–Crippen MR) is 133 cm³/mol. The highest BCUT2D eigenvalue weighted by Gasteiger charge is 2.38. The topological polar surface area (TPSA) is 160 Å². The standard InChI is InChI=1S/C24H31BrN4O6/c1-4-9-27-24(34)35-19-12-14(22(32)29-18(21(26)31)10-13(2)3)11-17(20(19)30)28-23(33)15-7-5-6-8-16(15)25/h4-8,11,13,17-20,30H,1,9-10,12H2,2-3H3,(H2,26,31)(H,27,34)(H,28,33)(H,29,32). The first-order valence-electron chi connectivity index (χ1n) is 11.1. The lowest BCUT2D eigenvalue weighted by Crippen LogP contribution is -2.53. The fraction of sp³-hybridized carbons (Fsp3) is 0.417. The molecule has 0 spiro atoms. The molecule has 4 unspecified atom stereocenters. The van der Waals surface area contributed by atoms with E-state index >= 15 is 0 Å². The summed E-state index contributed by atoms with van der Waals surface area (Å²) in [5.74, 6) is -1.71. The summed E-state index contributed by atoms with van der Waals surface area (Å²) in [4.78, 5) is 49.8. The maximum absolute atomic E-state index is 13.0. The van der Waals surface area contributed by atoms with Crippen LogP contribution in [0.1, 0.15) is 37.0 Å². The van der Waals surface area contributed by atoms with Crippen LogP contribution in [-0.2, 0) is 14.3 Å². The van der Waals surface area contributed by atoms with Crippen molar-refractivity contribution in [2.45, 2.75) is 51.0 Å². The number of primary amides is 1. The highest BCUT2D eigenvalue weighted by Crippen LogP contribution is 2.24. The Bertz CT molecular complexity index is 996. The third-order valence-electron chi connectivity index (χ3n) is 5.26. The van der Waals surface area contributed by atoms with Crippen molar-refractivity contribution in [3.8, 4) is 0 Å². The van der Waals surface area contributed by atoms with Crippen molar-refractivity contribution in [1.29, 1.82) is 0 Å². The highest BCUT2D eigenvalue weighted by atomic mass is 79.9. The molecule has 0 aromatic heterocycles. The minimum absolute atomic E-state index is 0.0935. The molecule has 0 radical (unpaired) electrons. The number of carbonyl (C=O) groups excluding carboxylic acids is 4. The smallest absolute Gasteiger partial charge is 0.407 e. The van der Waals surface area contributed by atoms with Crippen molar-refractivity contribution in [3.05, 3.63) is 58.6 Å². The Hall–Kier alpha value is -3.18. The van der Waals surface area contributed by atoms with Crippen LogP contribution in [0.4, 0.5) is 4.79 Å². The number of aliphatic hydroxyl groups is 1. The van der Waals surface area contributed by atoms with Gasteiger partial charge in [0.2, 0.25) is 11.8 Å². The van der Waals surface area contributed by atoms with Crippen LogP contribution in [0.15, 0.2) is 53.0 Å². The van der Waals surface area contributed by atoms with E-state index in [0.29, 0.717) is 16.5 Å². The molecule has 4 atom stereocenters. The van der Waals surface area contributed by atoms with Gasteiger partial charge in [-0.15, -0.1) is 6.58 Å². The molecule has 6 N–H and O–H groups in total. The van der Waals surface area contributed by atoms with E-state index in [9.17, 15) is 24.3 Å². The molecule has 11 heteroatoms. The number of rotatable bonds is 10. The summed E-state index contributed by atoms with van der Waals surface area (Å²) in [7, 11) is 0. The second-order valence-corrected chi connectivity index (χ2v) is 9.39. The summed E-state index contributed by atoms with van der Waals surface area (Å²) >= 11 is 3.31. The van der Waals surface area contributed by atoms with Crippen molar-refractivity contribution in [3.63, 3.8) is 0 Å². The number of benzene rings is 1. The molecule has 0 saturated heterocycles. The number of aliphatic hydroxyl groups excluding tert-OH is 1. The normalized spacial score (nSPS) is 20.3. The zero-order chi connectivity index (χ0) is 26.1. The average molecular weight is 551 g/mol. The maximum atomic E-state index is 13.0. The van der Waals surface area contributed by atoms with Crippen molar-refractivity contribution in [1.82, 2.24) is 16.0 Å². The van der Waals surface area contributed by atoms with E-state index in [-0.39, 0.29) is 24.5 Å². The van der Waals surface area contributed by atoms with Gasteiger partial charge in [-0.1, -0.05) is 38.1 Å². The Labute approximate surface area is 212 Å². The fourth-order valence-corrected chi connectivity index (χ4v) is 4.00. The molecule has 35 heavy (non-hydrogen) atoms. The minimum atomic E-state index is -1.34. The van der Waals surface area contributed by atoms with Crippen molar-refractivity contribution >= 4 is 39.7 Å². The van der Waals surface area contributed by atoms with Crippen LogP contribution in [0.2, 0.25) is 0 Å². The zero-order valence-electron chi connectivity index (χ0n) is 19.6. The van der Waals surface area contributed by atoms with Crippen LogP contribution in [0.25, 0.3) is 0 Å². The van der Waals surface area contributed by atoms with Crippen LogP contribution in [0, 0.1) is 5.92 Å². The Morgan fingerprint density at radius 1 is 1.26 bits per heavy atom. The Morgan fingerprint density at radius 2 is 1.94 bits per heavy atom. The summed E-state index contributed by atoms with van der Waals surface area (Å²) in [6, 6.07) is 4.75. The lowest BCUT2D eigenvalue weighted by atomic mass is 9.89. The first-order chi connectivity index (χ1) is 16.5. The van der Waals surface area contributed by atoms with Crippen molar-refractivity contribution < 1.29 is 29.0 Å². The van der Waals surface area contributed by atoms with Crippen LogP contribution >= 0.6 is 15.9 Å². The molecule has 0 fully saturated rings. The van der Waals surface area contributed by atoms with E-state index < -0.39 is 48.1 Å². The molecule has 1 aliphatic carbocycles. The molecule has 10 nitrogen and oxygen atoms in total. The zero-order valence-corrected chi connectivity index (χ0v) is 21.2. The van der Waals surface area contributed by atoms with Gasteiger partial charge in [0.25, 0.3) is 5.91 Å². The molecular formula is C24H31BrN4O6. The fourth-order valence-electron chi connectivity index (χ4n) is 3.54. The number of halogens is 1. The number of hydrogen-bond donors (Lipinski definition) is 5. The number of carbonyl (C=O) groups is 4. The monoisotopic (exact) mass is 550 g/mol. The Kier molecular flexibility index (Phi) is 10.5. The van der Waals surface area contributed by atoms with Crippen LogP contribution in [0.5, 0.6) is 0 Å². The molecule has 0 aliphatic heterocycles. The summed E-state index contributed by atoms with van der Waals surface area (Å²) in [5, 5.41) is 18.6. The lowest BCUT2D eigenvalue weighted by Gasteiger charge is -2.34. The first kappa shape index (κ1) is 28.1. The SMILES string of the molecule is C=CCNC(=O)OC1CC(C(=O)NC(CC(C)C)C(N)=O)=CC(NC(=O)c2ccccc2Br)C1O. The maximum Gasteiger partial charge on any atom is 0.407 e. The average Bonchev–Trinajstić information content (AvgIpc) is 2.79. The van der Waals surface area contributed by atoms with Gasteiger partial charge in [0, 0.05) is 23.0 Å². The third kappa shape index (κ3) is 8.22. The molecule has 1 aromatic rings. The number of hydrogen-bond acceptors (Lipinski definition) is 6. The van der Waals surface area contributed by atoms with Gasteiger partial charge < -0.3 is 31.5 Å². The molecule has 4 amide bonds. The predicted octanol–water partition coefficient (Wildman–Crippen LogP) is 1.54. The van der Waals surface area contributed by atoms with E-state index in [1.807, 2.05) is 13.8 Å². The van der Waals surface area contributed by atoms with Gasteiger partial charge in [0.1, 0.15) is 18.2 Å². The van der Waals surface area contributed by atoms with E-state index in [1.165, 1.54) is 12.2 Å². The third-order valence-corrected chi connectivity index (χ3v) is 5.96. The highest BCUT2D eigenvalue weighted by molar-refractivity contribution is 9.10. The summed E-state index contributed by atoms with van der Waals surface area (Å²) in [6.45, 7) is 7.42. The summed E-state index contributed by atoms with van der Waals surface area (Å²) in [6.07, 6.45) is -0.254. The van der Waals surface area contributed by atoms with Crippen molar-refractivity contribution in [2.75, 3.05) is 6.54 Å². The quantitative estimate of drug-likeness (QED) is 0.278. The number of nitrogens with one attached hydrogen (secondary N) is 3. The van der Waals surface area contributed by atoms with Crippen LogP contribution in [0.3, 0.4) is 0 Å². The summed E-state index contributed by atoms with van der Waals surface area (Å²) < 4.78 is 5.86. The molecular weight excluding hydrogens is 520 g/mol. The number of alkyl carbamates (subject to hydrolysis) is 1. The molecule has 2 rings (SSSR count). The molecule has 0 bridgehead atoms. The van der Waals surface area contributed by atoms with Gasteiger partial charge in [-0.25, -0.2) is 4.79 Å². The minimum Gasteiger partial charge on any atom is -0.443 e. The second-order valence-electron chi connectivity index (χ2n) is 8.54. The van der Waals surface area contributed by atoms with E-state index in [0.717, 1.165) is 0 Å². The number of amides is 4. The van der Waals surface area contributed by atoms with E-state index in [4.69, 9.17) is 10.5 Å². The van der Waals surface area contributed by atoms with Crippen molar-refractivity contribution in [2.24, 2.45) is 11.7 Å². The van der Waals surface area contributed by atoms with E-state index in [1.54, 1.807) is 24.3 Å². The van der Waals surface area contributed by atoms with E-state index in [2.05, 4.69) is 38.5 Å². The van der Waals surface area contributed by atoms with Gasteiger partial charge in [0.15, 0.2) is 0 Å². The summed E-state index contributed by atoms with van der Waals surface area (Å²) in [5.41, 5.74) is 5.88. The molecule has 190 valence electrons. The Morgan fingerprint density at radius 3 is 2.54 bits per heavy atom. The van der Waals surface area contributed by atoms with Gasteiger partial charge in [-0.05, 0) is 40.4 Å². The number of ether oxygens (including phenoxy) is 1. The van der Waals surface area contributed by atoms with Crippen LogP contribution in [-0.4, -0.2) is 59.8 Å². The largest absolute Gasteiger partial charge is 0.443 e. The molecule has 1 aromatic carbocycles. The second kappa shape index (κ2) is 13.1. The molecule has 0 heterocycles. The first-order valence-corrected chi connectivity index (χ1v) is 11.9. The molecule has 1 aliphatic rings. The van der Waals surface area contributed by atoms with Gasteiger partial charge >= 0.3 is 6.09 Å². The molecule has 0 saturated carbocycles. The van der Waals surface area contributed by atoms with Gasteiger partial charge in [-0.3, -0.25) is 14.4 Å². The Balaban J connectivity index is 2.29. The number of nitrogens with two attached hydrogens (primary N) is 1. The van der Waals surface area contributed by atoms with Gasteiger partial charge in [0.05, 0.1) is 11.6 Å². The lowest BCUT2D eigenvalue weighted by molar-refractivity contribution is -0.126.